The minimum absolute atomic E-state index is 0.252. The Kier molecular flexibility index (Phi) is 30.9. The number of hydrogen-bond donors (Lipinski definition) is 9. The molecule has 0 aromatic carbocycles. The van der Waals surface area contributed by atoms with Crippen LogP contribution in [0.1, 0.15) is 168 Å². The van der Waals surface area contributed by atoms with Crippen molar-refractivity contribution in [2.24, 2.45) is 0 Å². The van der Waals surface area contributed by atoms with Gasteiger partial charge in [0.15, 0.2) is 12.6 Å². The van der Waals surface area contributed by atoms with Gasteiger partial charge < -0.3 is 65.1 Å². The van der Waals surface area contributed by atoms with Gasteiger partial charge in [0.25, 0.3) is 0 Å². The van der Waals surface area contributed by atoms with Crippen molar-refractivity contribution >= 4 is 5.91 Å². The van der Waals surface area contributed by atoms with Crippen molar-refractivity contribution in [2.45, 2.75) is 242 Å². The molecule has 0 radical (unpaired) electrons. The van der Waals surface area contributed by atoms with Gasteiger partial charge >= 0.3 is 0 Å². The summed E-state index contributed by atoms with van der Waals surface area (Å²) < 4.78 is 22.6. The van der Waals surface area contributed by atoms with Gasteiger partial charge in [0, 0.05) is 6.42 Å². The Bertz CT molecular complexity index is 1110. The van der Waals surface area contributed by atoms with E-state index < -0.39 is 86.8 Å². The number of ether oxygens (including phenoxy) is 4. The normalized spacial score (nSPS) is 28.4. The van der Waals surface area contributed by atoms with Crippen molar-refractivity contribution in [3.8, 4) is 0 Å². The molecule has 2 aliphatic rings. The first kappa shape index (κ1) is 54.6. The van der Waals surface area contributed by atoms with Crippen LogP contribution in [0.3, 0.4) is 0 Å². The van der Waals surface area contributed by atoms with Gasteiger partial charge in [0.05, 0.1) is 32.0 Å². The third-order valence-corrected chi connectivity index (χ3v) is 11.6. The molecule has 0 saturated carbocycles. The molecule has 1 amide bonds. The van der Waals surface area contributed by atoms with Crippen LogP contribution in [0.5, 0.6) is 0 Å². The zero-order valence-corrected chi connectivity index (χ0v) is 36.9. The van der Waals surface area contributed by atoms with Gasteiger partial charge in [-0.2, -0.15) is 0 Å². The molecule has 2 aliphatic heterocycles. The van der Waals surface area contributed by atoms with E-state index in [0.717, 1.165) is 32.1 Å². The Hall–Kier alpha value is -1.53. The van der Waals surface area contributed by atoms with Gasteiger partial charge in [0.1, 0.15) is 48.8 Å². The molecule has 0 bridgehead atoms. The highest BCUT2D eigenvalue weighted by molar-refractivity contribution is 5.76. The first-order valence-corrected chi connectivity index (χ1v) is 23.6. The number of amides is 1. The molecule has 2 rings (SSSR count). The predicted octanol–water partition coefficient (Wildman–Crippen LogP) is 4.99. The van der Waals surface area contributed by atoms with Crippen LogP contribution in [-0.4, -0.2) is 140 Å². The number of unbranched alkanes of at least 4 members (excludes halogenated alkanes) is 20. The van der Waals surface area contributed by atoms with Crippen molar-refractivity contribution in [3.05, 3.63) is 24.3 Å². The molecule has 0 aliphatic carbocycles. The summed E-state index contributed by atoms with van der Waals surface area (Å²) in [6.07, 6.45) is 18.0. The highest BCUT2D eigenvalue weighted by Gasteiger charge is 2.50. The Labute approximate surface area is 360 Å². The summed E-state index contributed by atoms with van der Waals surface area (Å²) in [5.74, 6) is -0.252. The second-order valence-corrected chi connectivity index (χ2v) is 16.9. The Morgan fingerprint density at radius 1 is 0.583 bits per heavy atom. The Morgan fingerprint density at radius 3 is 1.63 bits per heavy atom. The lowest BCUT2D eigenvalue weighted by atomic mass is 9.97. The van der Waals surface area contributed by atoms with E-state index >= 15 is 0 Å². The van der Waals surface area contributed by atoms with Crippen molar-refractivity contribution in [1.82, 2.24) is 5.32 Å². The van der Waals surface area contributed by atoms with E-state index in [-0.39, 0.29) is 18.9 Å². The molecule has 2 fully saturated rings. The zero-order chi connectivity index (χ0) is 44.0. The molecule has 352 valence electrons. The van der Waals surface area contributed by atoms with Crippen LogP contribution >= 0.6 is 0 Å². The van der Waals surface area contributed by atoms with Gasteiger partial charge in [-0.25, -0.2) is 0 Å². The summed E-state index contributed by atoms with van der Waals surface area (Å²) >= 11 is 0. The van der Waals surface area contributed by atoms with E-state index in [1.54, 1.807) is 6.08 Å². The highest BCUT2D eigenvalue weighted by atomic mass is 16.7. The zero-order valence-electron chi connectivity index (χ0n) is 36.9. The van der Waals surface area contributed by atoms with E-state index in [4.69, 9.17) is 18.9 Å². The number of carbonyl (C=O) groups excluding carboxylic acids is 1. The topological polar surface area (TPSA) is 228 Å². The Balaban J connectivity index is 1.91. The maximum atomic E-state index is 13.1. The number of rotatable bonds is 35. The van der Waals surface area contributed by atoms with Crippen molar-refractivity contribution in [2.75, 3.05) is 19.8 Å². The molecule has 0 aromatic rings. The van der Waals surface area contributed by atoms with Crippen LogP contribution in [0, 0.1) is 0 Å². The summed E-state index contributed by atoms with van der Waals surface area (Å²) in [6.45, 7) is 2.73. The van der Waals surface area contributed by atoms with Crippen molar-refractivity contribution < 1.29 is 64.6 Å². The van der Waals surface area contributed by atoms with Crippen LogP contribution in [0.25, 0.3) is 0 Å². The van der Waals surface area contributed by atoms with E-state index in [1.807, 2.05) is 6.08 Å². The van der Waals surface area contributed by atoms with Crippen LogP contribution in [0.4, 0.5) is 0 Å². The first-order chi connectivity index (χ1) is 29.1. The largest absolute Gasteiger partial charge is 0.394 e. The highest BCUT2D eigenvalue weighted by Crippen LogP contribution is 2.30. The number of hydrogen-bond acceptors (Lipinski definition) is 13. The predicted molar refractivity (Wildman–Crippen MR) is 231 cm³/mol. The minimum Gasteiger partial charge on any atom is -0.394 e. The fraction of sp³-hybridized carbons (Fsp3) is 0.891. The third kappa shape index (κ3) is 21.7. The molecule has 0 spiro atoms. The second kappa shape index (κ2) is 34.0. The minimum atomic E-state index is -1.79. The van der Waals surface area contributed by atoms with E-state index in [1.165, 1.54) is 103 Å². The van der Waals surface area contributed by atoms with Gasteiger partial charge in [-0.15, -0.1) is 0 Å². The maximum absolute atomic E-state index is 13.1. The van der Waals surface area contributed by atoms with Gasteiger partial charge in [-0.3, -0.25) is 4.79 Å². The molecule has 2 heterocycles. The number of nitrogens with one attached hydrogen (secondary N) is 1. The molecule has 60 heavy (non-hydrogen) atoms. The first-order valence-electron chi connectivity index (χ1n) is 23.6. The molecule has 0 aromatic heterocycles. The molecular formula is C46H85NO13. The second-order valence-electron chi connectivity index (χ2n) is 16.9. The third-order valence-electron chi connectivity index (χ3n) is 11.6. The summed E-state index contributed by atoms with van der Waals surface area (Å²) in [6, 6.07) is -0.924. The summed E-state index contributed by atoms with van der Waals surface area (Å²) in [5, 5.41) is 86.4. The lowest BCUT2D eigenvalue weighted by molar-refractivity contribution is -0.359. The van der Waals surface area contributed by atoms with Crippen LogP contribution in [0.2, 0.25) is 0 Å². The number of carbonyl (C=O) groups is 1. The van der Waals surface area contributed by atoms with Crippen molar-refractivity contribution in [1.29, 1.82) is 0 Å². The number of aliphatic hydroxyl groups excluding tert-OH is 8. The molecular weight excluding hydrogens is 774 g/mol. The monoisotopic (exact) mass is 860 g/mol. The van der Waals surface area contributed by atoms with Crippen LogP contribution in [0.15, 0.2) is 24.3 Å². The van der Waals surface area contributed by atoms with Crippen molar-refractivity contribution in [3.63, 3.8) is 0 Å². The molecule has 2 saturated heterocycles. The quantitative estimate of drug-likeness (QED) is 0.0303. The summed E-state index contributed by atoms with van der Waals surface area (Å²) in [7, 11) is 0. The van der Waals surface area contributed by atoms with Gasteiger partial charge in [0.2, 0.25) is 5.91 Å². The summed E-state index contributed by atoms with van der Waals surface area (Å²) in [4.78, 5) is 13.1. The molecule has 12 unspecified atom stereocenters. The number of aliphatic hydroxyl groups is 8. The molecule has 14 heteroatoms. The van der Waals surface area contributed by atoms with Gasteiger partial charge in [-0.1, -0.05) is 154 Å². The maximum Gasteiger partial charge on any atom is 0.220 e. The van der Waals surface area contributed by atoms with Gasteiger partial charge in [-0.05, 0) is 32.1 Å². The van der Waals surface area contributed by atoms with Crippen LogP contribution < -0.4 is 5.32 Å². The fourth-order valence-electron chi connectivity index (χ4n) is 7.72. The van der Waals surface area contributed by atoms with E-state index in [2.05, 4.69) is 31.3 Å². The lowest BCUT2D eigenvalue weighted by Gasteiger charge is -2.46. The lowest BCUT2D eigenvalue weighted by Crippen LogP contribution is -2.65. The van der Waals surface area contributed by atoms with E-state index in [9.17, 15) is 45.6 Å². The average Bonchev–Trinajstić information content (AvgIpc) is 3.24. The number of allylic oxidation sites excluding steroid dienone is 3. The average molecular weight is 860 g/mol. The Morgan fingerprint density at radius 2 is 1.07 bits per heavy atom. The molecule has 12 atom stereocenters. The standard InChI is InChI=1S/C46H85NO13/c1-3-5-7-9-11-13-15-16-17-18-20-21-23-25-27-29-35(50)34(47-38(51)30-28-26-24-22-19-14-12-10-8-6-4-2)33-57-45-43(56)41(54)44(37(32-49)59-45)60-46-42(55)40(53)39(52)36(31-48)58-46/h20-21,27,29,34-37,39-46,48-50,52-56H,3-19,22-26,28,30-33H2,1-2H3,(H,47,51)/b21-20+,29-27+. The van der Waals surface area contributed by atoms with Crippen LogP contribution in [-0.2, 0) is 23.7 Å². The fourth-order valence-corrected chi connectivity index (χ4v) is 7.72. The van der Waals surface area contributed by atoms with E-state index in [0.29, 0.717) is 12.8 Å². The molecule has 9 N–H and O–H groups in total. The summed E-state index contributed by atoms with van der Waals surface area (Å²) in [5.41, 5.74) is 0. The SMILES string of the molecule is CCCCCCCCCCC/C=C/CC/C=C/C(O)C(COC1OC(CO)C(OC2OC(CO)C(O)C(O)C2O)C(O)C1O)NC(=O)CCCCCCCCCCCCC. The smallest absolute Gasteiger partial charge is 0.220 e. The molecule has 14 nitrogen and oxygen atoms in total.